The molecule has 0 spiro atoms. The summed E-state index contributed by atoms with van der Waals surface area (Å²) in [6.45, 7) is 2.86. The van der Waals surface area contributed by atoms with Crippen LogP contribution < -0.4 is 5.32 Å². The number of nitrogens with one attached hydrogen (secondary N) is 1. The lowest BCUT2D eigenvalue weighted by Crippen LogP contribution is -2.01. The van der Waals surface area contributed by atoms with Crippen molar-refractivity contribution in [3.63, 3.8) is 0 Å². The van der Waals surface area contributed by atoms with Gasteiger partial charge in [0.2, 0.25) is 0 Å². The molecule has 2 aromatic rings. The number of pyridine rings is 1. The van der Waals surface area contributed by atoms with Crippen LogP contribution in [0.5, 0.6) is 0 Å². The first-order valence-corrected chi connectivity index (χ1v) is 6.74. The fourth-order valence-corrected chi connectivity index (χ4v) is 2.59. The number of nitrogens with zero attached hydrogens (tertiary/aromatic N) is 3. The molecule has 0 unspecified atom stereocenters. The Labute approximate surface area is 112 Å². The summed E-state index contributed by atoms with van der Waals surface area (Å²) in [4.78, 5) is 13.5. The topological polar surface area (TPSA) is 50.7 Å². The zero-order valence-corrected chi connectivity index (χ0v) is 11.6. The van der Waals surface area contributed by atoms with Crippen molar-refractivity contribution in [3.8, 4) is 0 Å². The van der Waals surface area contributed by atoms with E-state index in [-0.39, 0.29) is 0 Å². The molecule has 2 heterocycles. The fourth-order valence-electron chi connectivity index (χ4n) is 1.23. The molecule has 0 radical (unpaired) electrons. The normalized spacial score (nSPS) is 10.2. The van der Waals surface area contributed by atoms with Crippen LogP contribution in [0.2, 0.25) is 0 Å². The Morgan fingerprint density at radius 2 is 2.06 bits per heavy atom. The lowest BCUT2D eigenvalue weighted by Gasteiger charge is -2.08. The first-order chi connectivity index (χ1) is 8.31. The Morgan fingerprint density at radius 3 is 2.76 bits per heavy atom. The summed E-state index contributed by atoms with van der Waals surface area (Å²) < 4.78 is 0.892. The third-order valence-corrected chi connectivity index (χ3v) is 3.99. The second-order valence-corrected chi connectivity index (χ2v) is 5.01. The Hall–Kier alpha value is -1.14. The van der Waals surface area contributed by atoms with Crippen LogP contribution >= 0.6 is 27.7 Å². The first kappa shape index (κ1) is 12.3. The van der Waals surface area contributed by atoms with E-state index in [0.29, 0.717) is 0 Å². The molecule has 17 heavy (non-hydrogen) atoms. The third kappa shape index (κ3) is 3.17. The molecule has 0 aliphatic heterocycles. The quantitative estimate of drug-likeness (QED) is 0.879. The molecule has 1 N–H and O–H groups in total. The van der Waals surface area contributed by atoms with Crippen LogP contribution in [-0.4, -0.2) is 21.5 Å². The predicted molar refractivity (Wildman–Crippen MR) is 72.3 cm³/mol. The van der Waals surface area contributed by atoms with Gasteiger partial charge in [0, 0.05) is 23.8 Å². The molecule has 0 aliphatic rings. The average Bonchev–Trinajstić information content (AvgIpc) is 2.36. The minimum atomic E-state index is 0.819. The molecule has 0 saturated carbocycles. The minimum Gasteiger partial charge on any atom is -0.369 e. The molecular formula is C11H11BrN4S. The van der Waals surface area contributed by atoms with E-state index < -0.39 is 0 Å². The van der Waals surface area contributed by atoms with Gasteiger partial charge in [-0.2, -0.15) is 0 Å². The van der Waals surface area contributed by atoms with Gasteiger partial charge in [-0.15, -0.1) is 0 Å². The van der Waals surface area contributed by atoms with Crippen LogP contribution in [0, 0.1) is 0 Å². The second-order valence-electron chi connectivity index (χ2n) is 3.16. The van der Waals surface area contributed by atoms with Crippen LogP contribution in [0.25, 0.3) is 0 Å². The largest absolute Gasteiger partial charge is 0.369 e. The van der Waals surface area contributed by atoms with Crippen LogP contribution in [0.1, 0.15) is 6.92 Å². The van der Waals surface area contributed by atoms with Crippen molar-refractivity contribution < 1.29 is 0 Å². The lowest BCUT2D eigenvalue weighted by atomic mass is 10.5. The number of anilines is 1. The van der Waals surface area contributed by atoms with Crippen molar-refractivity contribution in [3.05, 3.63) is 35.3 Å². The molecule has 4 nitrogen and oxygen atoms in total. The predicted octanol–water partition coefficient (Wildman–Crippen LogP) is 3.22. The molecule has 88 valence electrons. The highest BCUT2D eigenvalue weighted by molar-refractivity contribution is 9.10. The SMILES string of the molecule is CCNc1ncnc(Sc2ccncc2)c1Br. The van der Waals surface area contributed by atoms with Gasteiger partial charge in [-0.25, -0.2) is 9.97 Å². The van der Waals surface area contributed by atoms with Crippen LogP contribution in [0.4, 0.5) is 5.82 Å². The summed E-state index contributed by atoms with van der Waals surface area (Å²) in [5.74, 6) is 0.819. The Kier molecular flexibility index (Phi) is 4.33. The standard InChI is InChI=1S/C11H11BrN4S/c1-2-14-10-9(12)11(16-7-15-10)17-8-3-5-13-6-4-8/h3-7H,2H2,1H3,(H,14,15,16). The smallest absolute Gasteiger partial charge is 0.144 e. The summed E-state index contributed by atoms with van der Waals surface area (Å²) in [6, 6.07) is 3.90. The maximum absolute atomic E-state index is 4.26. The zero-order chi connectivity index (χ0) is 12.1. The highest BCUT2D eigenvalue weighted by Crippen LogP contribution is 2.34. The van der Waals surface area contributed by atoms with Crippen molar-refractivity contribution >= 4 is 33.5 Å². The maximum atomic E-state index is 4.26. The van der Waals surface area contributed by atoms with Crippen molar-refractivity contribution in [2.45, 2.75) is 16.8 Å². The van der Waals surface area contributed by atoms with Crippen molar-refractivity contribution in [1.82, 2.24) is 15.0 Å². The number of halogens is 1. The van der Waals surface area contributed by atoms with E-state index in [4.69, 9.17) is 0 Å². The Morgan fingerprint density at radius 1 is 1.29 bits per heavy atom. The number of rotatable bonds is 4. The van der Waals surface area contributed by atoms with E-state index in [2.05, 4.69) is 36.2 Å². The molecule has 0 atom stereocenters. The minimum absolute atomic E-state index is 0.819. The van der Waals surface area contributed by atoms with Gasteiger partial charge in [-0.05, 0) is 35.0 Å². The molecule has 0 aliphatic carbocycles. The molecular weight excluding hydrogens is 300 g/mol. The first-order valence-electron chi connectivity index (χ1n) is 5.13. The van der Waals surface area contributed by atoms with E-state index in [1.165, 1.54) is 0 Å². The van der Waals surface area contributed by atoms with Gasteiger partial charge in [0.15, 0.2) is 0 Å². The summed E-state index contributed by atoms with van der Waals surface area (Å²) >= 11 is 5.09. The van der Waals surface area contributed by atoms with E-state index in [9.17, 15) is 0 Å². The van der Waals surface area contributed by atoms with Gasteiger partial charge in [-0.1, -0.05) is 11.8 Å². The van der Waals surface area contributed by atoms with Gasteiger partial charge in [0.05, 0.1) is 4.47 Å². The van der Waals surface area contributed by atoms with E-state index in [0.717, 1.165) is 26.8 Å². The van der Waals surface area contributed by atoms with Gasteiger partial charge < -0.3 is 5.32 Å². The highest BCUT2D eigenvalue weighted by atomic mass is 79.9. The maximum Gasteiger partial charge on any atom is 0.144 e. The zero-order valence-electron chi connectivity index (χ0n) is 9.22. The Balaban J connectivity index is 2.24. The summed E-state index contributed by atoms with van der Waals surface area (Å²) in [6.07, 6.45) is 5.09. The van der Waals surface area contributed by atoms with E-state index in [1.807, 2.05) is 19.1 Å². The molecule has 2 aromatic heterocycles. The molecule has 0 amide bonds. The molecule has 0 saturated heterocycles. The molecule has 0 bridgehead atoms. The van der Waals surface area contributed by atoms with Gasteiger partial charge in [0.1, 0.15) is 17.2 Å². The molecule has 6 heteroatoms. The highest BCUT2D eigenvalue weighted by Gasteiger charge is 2.09. The van der Waals surface area contributed by atoms with Crippen LogP contribution in [0.3, 0.4) is 0 Å². The summed E-state index contributed by atoms with van der Waals surface area (Å²) in [5, 5.41) is 4.07. The monoisotopic (exact) mass is 310 g/mol. The van der Waals surface area contributed by atoms with E-state index >= 15 is 0 Å². The summed E-state index contributed by atoms with van der Waals surface area (Å²) in [7, 11) is 0. The van der Waals surface area contributed by atoms with Crippen molar-refractivity contribution in [1.29, 1.82) is 0 Å². The van der Waals surface area contributed by atoms with Crippen molar-refractivity contribution in [2.75, 3.05) is 11.9 Å². The van der Waals surface area contributed by atoms with Crippen LogP contribution in [-0.2, 0) is 0 Å². The van der Waals surface area contributed by atoms with Gasteiger partial charge in [-0.3, -0.25) is 4.98 Å². The molecule has 0 fully saturated rings. The average molecular weight is 311 g/mol. The fraction of sp³-hybridized carbons (Fsp3) is 0.182. The number of hydrogen-bond acceptors (Lipinski definition) is 5. The molecule has 0 aromatic carbocycles. The van der Waals surface area contributed by atoms with Gasteiger partial charge in [0.25, 0.3) is 0 Å². The number of aromatic nitrogens is 3. The summed E-state index contributed by atoms with van der Waals surface area (Å²) in [5.41, 5.74) is 0. The molecule has 2 rings (SSSR count). The lowest BCUT2D eigenvalue weighted by molar-refractivity contribution is 1.01. The number of hydrogen-bond donors (Lipinski definition) is 1. The Bertz CT molecular complexity index is 492. The van der Waals surface area contributed by atoms with Crippen LogP contribution in [0.15, 0.2) is 45.2 Å². The van der Waals surface area contributed by atoms with Gasteiger partial charge >= 0.3 is 0 Å². The second kappa shape index (κ2) is 5.97. The van der Waals surface area contributed by atoms with E-state index in [1.54, 1.807) is 30.5 Å². The third-order valence-electron chi connectivity index (χ3n) is 1.97. The van der Waals surface area contributed by atoms with Crippen molar-refractivity contribution in [2.24, 2.45) is 0 Å².